The Balaban J connectivity index is 1.59. The fraction of sp³-hybridized carbons (Fsp3) is 0.688. The van der Waals surface area contributed by atoms with Crippen molar-refractivity contribution in [2.45, 2.75) is 45.7 Å². The summed E-state index contributed by atoms with van der Waals surface area (Å²) in [5.41, 5.74) is -0.892. The molecule has 12 nitrogen and oxygen atoms in total. The average molecular weight is 621 g/mol. The van der Waals surface area contributed by atoms with Crippen molar-refractivity contribution in [1.29, 1.82) is 0 Å². The van der Waals surface area contributed by atoms with Crippen LogP contribution in [0.2, 0.25) is 0 Å². The van der Waals surface area contributed by atoms with Crippen molar-refractivity contribution in [3.63, 3.8) is 0 Å². The average Bonchev–Trinajstić information content (AvgIpc) is 2.99. The Morgan fingerprint density at radius 3 is 1.66 bits per heavy atom. The Kier molecular flexibility index (Phi) is 15.9. The van der Waals surface area contributed by atoms with Crippen LogP contribution in [0.1, 0.15) is 44.1 Å². The van der Waals surface area contributed by atoms with Crippen molar-refractivity contribution in [3.8, 4) is 11.5 Å². The molecule has 0 saturated carbocycles. The molecule has 1 fully saturated rings. The molecule has 44 heavy (non-hydrogen) atoms. The summed E-state index contributed by atoms with van der Waals surface area (Å²) in [7, 11) is 4.28. The molecule has 0 aromatic carbocycles. The number of aromatic hydroxyl groups is 2. The maximum atomic E-state index is 11.9. The first kappa shape index (κ1) is 35.7. The minimum absolute atomic E-state index is 0.252. The highest BCUT2D eigenvalue weighted by atomic mass is 16.5. The molecule has 0 amide bonds. The van der Waals surface area contributed by atoms with Gasteiger partial charge < -0.3 is 38.3 Å². The largest absolute Gasteiger partial charge is 0.502 e. The molecule has 2 aromatic heterocycles. The molecule has 2 aromatic rings. The van der Waals surface area contributed by atoms with Gasteiger partial charge in [-0.3, -0.25) is 19.4 Å². The van der Waals surface area contributed by atoms with Crippen LogP contribution in [-0.4, -0.2) is 123 Å². The molecular formula is C32H52N4O8. The Morgan fingerprint density at radius 1 is 0.659 bits per heavy atom. The minimum atomic E-state index is -0.451. The van der Waals surface area contributed by atoms with Crippen LogP contribution in [0.15, 0.2) is 43.1 Å². The van der Waals surface area contributed by atoms with E-state index in [-0.39, 0.29) is 23.0 Å². The number of hydrogen-bond donors (Lipinski definition) is 2. The van der Waals surface area contributed by atoms with Gasteiger partial charge in [-0.2, -0.15) is 0 Å². The number of hydrogen-bond acceptors (Lipinski definition) is 12. The summed E-state index contributed by atoms with van der Waals surface area (Å²) in [4.78, 5) is 32.7. The van der Waals surface area contributed by atoms with Crippen LogP contribution in [0, 0.1) is 5.92 Å². The van der Waals surface area contributed by atoms with E-state index in [0.29, 0.717) is 58.5 Å². The zero-order chi connectivity index (χ0) is 31.7. The van der Waals surface area contributed by atoms with E-state index in [1.807, 2.05) is 0 Å². The SMILES string of the molecule is CC1CCCN(C)CCN(C)CCN(Cc2occc(=O)c2O)CCOCCOCCN(Cc2occc(=O)c2O)CCC1. The fourth-order valence-electron chi connectivity index (χ4n) is 5.17. The van der Waals surface area contributed by atoms with Gasteiger partial charge in [0.15, 0.2) is 11.5 Å². The van der Waals surface area contributed by atoms with Crippen LogP contribution in [0.25, 0.3) is 0 Å². The van der Waals surface area contributed by atoms with Crippen LogP contribution in [-0.2, 0) is 22.6 Å². The lowest BCUT2D eigenvalue weighted by Gasteiger charge is -2.26. The molecule has 1 unspecified atom stereocenters. The third kappa shape index (κ3) is 13.1. The third-order valence-corrected chi connectivity index (χ3v) is 8.13. The number of rotatable bonds is 4. The standard InChI is InChI=1S/C32H52N4O8/c1-26-6-4-10-33(2)12-13-34(3)14-15-36(25-30-32(40)28(38)9-19-44-30)17-21-42-23-22-41-20-16-35(11-5-7-26)24-29-31(39)27(37)8-18-43-29/h8-9,18-19,26,39-40H,4-7,10-17,20-25H2,1-3H3. The topological polar surface area (TPSA) is 132 Å². The van der Waals surface area contributed by atoms with Gasteiger partial charge >= 0.3 is 0 Å². The Morgan fingerprint density at radius 2 is 1.11 bits per heavy atom. The lowest BCUT2D eigenvalue weighted by molar-refractivity contribution is 0.0276. The van der Waals surface area contributed by atoms with Crippen molar-refractivity contribution < 1.29 is 28.5 Å². The predicted octanol–water partition coefficient (Wildman–Crippen LogP) is 2.42. The molecule has 3 heterocycles. The highest BCUT2D eigenvalue weighted by Crippen LogP contribution is 2.17. The van der Waals surface area contributed by atoms with E-state index in [2.05, 4.69) is 40.6 Å². The predicted molar refractivity (Wildman–Crippen MR) is 168 cm³/mol. The van der Waals surface area contributed by atoms with Crippen molar-refractivity contribution in [2.75, 3.05) is 92.9 Å². The number of nitrogens with zero attached hydrogens (tertiary/aromatic N) is 4. The zero-order valence-corrected chi connectivity index (χ0v) is 26.7. The van der Waals surface area contributed by atoms with Gasteiger partial charge in [0.05, 0.1) is 52.0 Å². The van der Waals surface area contributed by atoms with Gasteiger partial charge in [-0.05, 0) is 58.8 Å². The first-order valence-electron chi connectivity index (χ1n) is 15.8. The summed E-state index contributed by atoms with van der Waals surface area (Å²) in [6, 6.07) is 2.43. The summed E-state index contributed by atoms with van der Waals surface area (Å²) in [6.07, 6.45) is 7.04. The summed E-state index contributed by atoms with van der Waals surface area (Å²) in [6.45, 7) is 11.3. The van der Waals surface area contributed by atoms with Gasteiger partial charge in [-0.1, -0.05) is 6.92 Å². The van der Waals surface area contributed by atoms with E-state index in [9.17, 15) is 19.8 Å². The van der Waals surface area contributed by atoms with E-state index < -0.39 is 10.9 Å². The second-order valence-corrected chi connectivity index (χ2v) is 11.9. The van der Waals surface area contributed by atoms with Gasteiger partial charge in [0.2, 0.25) is 22.4 Å². The normalized spacial score (nSPS) is 21.7. The van der Waals surface area contributed by atoms with Crippen molar-refractivity contribution >= 4 is 0 Å². The summed E-state index contributed by atoms with van der Waals surface area (Å²) < 4.78 is 22.6. The first-order chi connectivity index (χ1) is 21.2. The third-order valence-electron chi connectivity index (χ3n) is 8.13. The van der Waals surface area contributed by atoms with Crippen molar-refractivity contribution in [3.05, 3.63) is 56.6 Å². The van der Waals surface area contributed by atoms with E-state index >= 15 is 0 Å². The molecule has 0 spiro atoms. The van der Waals surface area contributed by atoms with Gasteiger partial charge in [0.25, 0.3) is 0 Å². The molecule has 2 N–H and O–H groups in total. The van der Waals surface area contributed by atoms with Crippen LogP contribution in [0.3, 0.4) is 0 Å². The van der Waals surface area contributed by atoms with Crippen molar-refractivity contribution in [1.82, 2.24) is 19.6 Å². The molecule has 12 heteroatoms. The van der Waals surface area contributed by atoms with Gasteiger partial charge in [-0.25, -0.2) is 0 Å². The van der Waals surface area contributed by atoms with Gasteiger partial charge in [0.1, 0.15) is 0 Å². The molecule has 1 aliphatic heterocycles. The molecule has 1 aliphatic rings. The van der Waals surface area contributed by atoms with E-state index in [0.717, 1.165) is 65.0 Å². The quantitative estimate of drug-likeness (QED) is 0.520. The first-order valence-corrected chi connectivity index (χ1v) is 15.8. The number of likely N-dealkylation sites (N-methyl/N-ethyl adjacent to an activating group) is 2. The summed E-state index contributed by atoms with van der Waals surface area (Å²) in [5, 5.41) is 20.4. The van der Waals surface area contributed by atoms with Crippen LogP contribution in [0.5, 0.6) is 11.5 Å². The second-order valence-electron chi connectivity index (χ2n) is 11.9. The smallest absolute Gasteiger partial charge is 0.226 e. The fourth-order valence-corrected chi connectivity index (χ4v) is 5.17. The molecule has 3 rings (SSSR count). The maximum Gasteiger partial charge on any atom is 0.226 e. The molecule has 1 saturated heterocycles. The van der Waals surface area contributed by atoms with E-state index in [4.69, 9.17) is 18.3 Å². The highest BCUT2D eigenvalue weighted by molar-refractivity contribution is 5.23. The molecule has 248 valence electrons. The molecule has 1 atom stereocenters. The van der Waals surface area contributed by atoms with Crippen molar-refractivity contribution in [2.24, 2.45) is 5.92 Å². The Labute approximate surface area is 260 Å². The highest BCUT2D eigenvalue weighted by Gasteiger charge is 2.16. The summed E-state index contributed by atoms with van der Waals surface area (Å²) in [5.74, 6) is 0.442. The van der Waals surface area contributed by atoms with Crippen LogP contribution >= 0.6 is 0 Å². The maximum absolute atomic E-state index is 11.9. The monoisotopic (exact) mass is 620 g/mol. The Bertz CT molecular complexity index is 1210. The minimum Gasteiger partial charge on any atom is -0.502 e. The Hall–Kier alpha value is -2.74. The molecular weight excluding hydrogens is 568 g/mol. The van der Waals surface area contributed by atoms with Gasteiger partial charge in [0, 0.05) is 51.4 Å². The number of ether oxygens (including phenoxy) is 2. The summed E-state index contributed by atoms with van der Waals surface area (Å²) >= 11 is 0. The van der Waals surface area contributed by atoms with Crippen LogP contribution in [0.4, 0.5) is 0 Å². The van der Waals surface area contributed by atoms with Gasteiger partial charge in [-0.15, -0.1) is 0 Å². The second kappa shape index (κ2) is 19.6. The lowest BCUT2D eigenvalue weighted by atomic mass is 9.99. The van der Waals surface area contributed by atoms with E-state index in [1.54, 1.807) is 0 Å². The van der Waals surface area contributed by atoms with E-state index in [1.165, 1.54) is 24.7 Å². The molecule has 0 bridgehead atoms. The lowest BCUT2D eigenvalue weighted by Crippen LogP contribution is -2.38. The molecule has 0 radical (unpaired) electrons. The zero-order valence-electron chi connectivity index (χ0n) is 26.7. The van der Waals surface area contributed by atoms with Crippen LogP contribution < -0.4 is 10.9 Å². The molecule has 0 aliphatic carbocycles.